The van der Waals surface area contributed by atoms with Crippen molar-refractivity contribution in [1.82, 2.24) is 9.55 Å². The van der Waals surface area contributed by atoms with E-state index in [0.29, 0.717) is 0 Å². The summed E-state index contributed by atoms with van der Waals surface area (Å²) in [5.74, 6) is 2.38. The second-order valence-corrected chi connectivity index (χ2v) is 15.5. The number of para-hydroxylation sites is 4. The van der Waals surface area contributed by atoms with E-state index in [1.807, 2.05) is 12.1 Å². The molecule has 1 aliphatic heterocycles. The number of hydrogen-bond donors (Lipinski definition) is 1. The van der Waals surface area contributed by atoms with Crippen molar-refractivity contribution in [1.29, 1.82) is 0 Å². The predicted molar refractivity (Wildman–Crippen MR) is 244 cm³/mol. The fourth-order valence-electron chi connectivity index (χ4n) is 8.91. The van der Waals surface area contributed by atoms with Gasteiger partial charge in [0.1, 0.15) is 23.5 Å². The average Bonchev–Trinajstić information content (AvgIpc) is 3.83. The number of aryl methyl sites for hydroxylation is 4. The summed E-state index contributed by atoms with van der Waals surface area (Å²) < 4.78 is 9.03. The summed E-state index contributed by atoms with van der Waals surface area (Å²) in [5, 5.41) is 3.84. The number of nitrogens with zero attached hydrogens (tertiary/aromatic N) is 3. The standard InChI is InChI=1S/C54H44N4O/c1-35-29-43(39-17-7-5-8-18-39)30-36(2)51(35)57-49-27-13-11-25-47(49)55-53(57)41-21-15-23-45(33-41)59-46-24-16-22-42(34-46)54-56-48-26-12-14-28-50(48)58(54)52-37(3)31-44(32-38(52)4)40-19-9-6-10-20-40/h5-34,53,55H,1-4H3. The van der Waals surface area contributed by atoms with Crippen molar-refractivity contribution in [3.05, 3.63) is 210 Å². The Morgan fingerprint density at radius 2 is 1.02 bits per heavy atom. The highest BCUT2D eigenvalue weighted by molar-refractivity contribution is 5.87. The van der Waals surface area contributed by atoms with Gasteiger partial charge in [-0.3, -0.25) is 4.57 Å². The van der Waals surface area contributed by atoms with E-state index in [1.54, 1.807) is 0 Å². The third-order valence-corrected chi connectivity index (χ3v) is 11.4. The predicted octanol–water partition coefficient (Wildman–Crippen LogP) is 14.3. The van der Waals surface area contributed by atoms with Crippen molar-refractivity contribution in [3.63, 3.8) is 0 Å². The first-order valence-electron chi connectivity index (χ1n) is 20.2. The number of hydrogen-bond acceptors (Lipinski definition) is 4. The van der Waals surface area contributed by atoms with Crippen LogP contribution in [0.1, 0.15) is 34.0 Å². The average molecular weight is 765 g/mol. The van der Waals surface area contributed by atoms with E-state index in [9.17, 15) is 0 Å². The molecule has 8 aromatic carbocycles. The van der Waals surface area contributed by atoms with Crippen molar-refractivity contribution in [2.24, 2.45) is 0 Å². The molecule has 0 aliphatic carbocycles. The Bertz CT molecular complexity index is 2960. The molecule has 0 fully saturated rings. The zero-order chi connectivity index (χ0) is 40.0. The molecule has 0 saturated heterocycles. The third-order valence-electron chi connectivity index (χ3n) is 11.4. The van der Waals surface area contributed by atoms with E-state index in [0.717, 1.165) is 56.5 Å². The molecule has 10 rings (SSSR count). The molecule has 0 radical (unpaired) electrons. The molecule has 0 bridgehead atoms. The van der Waals surface area contributed by atoms with Gasteiger partial charge in [-0.1, -0.05) is 109 Å². The van der Waals surface area contributed by atoms with Gasteiger partial charge in [-0.15, -0.1) is 0 Å². The van der Waals surface area contributed by atoms with Crippen LogP contribution in [0.5, 0.6) is 11.5 Å². The number of anilines is 3. The third kappa shape index (κ3) is 6.61. The SMILES string of the molecule is Cc1cc(-c2ccccc2)cc(C)c1N1c2ccccc2NC1c1cccc(Oc2cccc(-c3nc4ccccc4n3-c3c(C)cc(-c4ccccc4)cc3C)c2)c1. The maximum Gasteiger partial charge on any atom is 0.145 e. The van der Waals surface area contributed by atoms with Gasteiger partial charge in [0.2, 0.25) is 0 Å². The maximum atomic E-state index is 6.72. The molecule has 1 aromatic heterocycles. The molecule has 2 heterocycles. The minimum Gasteiger partial charge on any atom is -0.457 e. The summed E-state index contributed by atoms with van der Waals surface area (Å²) in [7, 11) is 0. The van der Waals surface area contributed by atoms with Crippen LogP contribution >= 0.6 is 0 Å². The van der Waals surface area contributed by atoms with Crippen LogP contribution in [0.15, 0.2) is 182 Å². The van der Waals surface area contributed by atoms with E-state index in [4.69, 9.17) is 9.72 Å². The first-order valence-corrected chi connectivity index (χ1v) is 20.2. The smallest absolute Gasteiger partial charge is 0.145 e. The number of fused-ring (bicyclic) bond motifs is 2. The summed E-state index contributed by atoms with van der Waals surface area (Å²) in [5.41, 5.74) is 18.4. The van der Waals surface area contributed by atoms with Crippen molar-refractivity contribution in [2.75, 3.05) is 10.2 Å². The number of benzene rings is 8. The van der Waals surface area contributed by atoms with Crippen LogP contribution in [-0.4, -0.2) is 9.55 Å². The zero-order valence-electron chi connectivity index (χ0n) is 33.6. The Morgan fingerprint density at radius 3 is 1.69 bits per heavy atom. The van der Waals surface area contributed by atoms with Crippen LogP contribution in [0.3, 0.4) is 0 Å². The van der Waals surface area contributed by atoms with Crippen molar-refractivity contribution in [2.45, 2.75) is 33.9 Å². The van der Waals surface area contributed by atoms with E-state index < -0.39 is 0 Å². The highest BCUT2D eigenvalue weighted by atomic mass is 16.5. The van der Waals surface area contributed by atoms with Crippen LogP contribution in [0, 0.1) is 27.7 Å². The Kier molecular flexibility index (Phi) is 9.06. The Labute approximate surface area is 345 Å². The molecule has 9 aromatic rings. The number of ether oxygens (including phenoxy) is 1. The molecule has 5 heteroatoms. The topological polar surface area (TPSA) is 42.3 Å². The molecule has 1 atom stereocenters. The molecular formula is C54H44N4O. The normalized spacial score (nSPS) is 13.4. The van der Waals surface area contributed by atoms with Gasteiger partial charge in [-0.05, 0) is 151 Å². The van der Waals surface area contributed by atoms with Crippen LogP contribution in [0.2, 0.25) is 0 Å². The summed E-state index contributed by atoms with van der Waals surface area (Å²) in [6.45, 7) is 8.83. The van der Waals surface area contributed by atoms with Gasteiger partial charge >= 0.3 is 0 Å². The van der Waals surface area contributed by atoms with Gasteiger partial charge in [0, 0.05) is 11.3 Å². The lowest BCUT2D eigenvalue weighted by Gasteiger charge is -2.31. The Hall–Kier alpha value is -7.37. The van der Waals surface area contributed by atoms with E-state index in [-0.39, 0.29) is 6.17 Å². The molecule has 59 heavy (non-hydrogen) atoms. The molecule has 1 unspecified atom stereocenters. The Balaban J connectivity index is 0.996. The van der Waals surface area contributed by atoms with Gasteiger partial charge in [0.05, 0.1) is 28.1 Å². The fraction of sp³-hybridized carbons (Fsp3) is 0.0926. The first kappa shape index (κ1) is 36.0. The highest BCUT2D eigenvalue weighted by Gasteiger charge is 2.33. The summed E-state index contributed by atoms with van der Waals surface area (Å²) >= 11 is 0. The largest absolute Gasteiger partial charge is 0.457 e. The van der Waals surface area contributed by atoms with Gasteiger partial charge in [-0.25, -0.2) is 4.98 Å². The fourth-order valence-corrected chi connectivity index (χ4v) is 8.91. The number of imidazole rings is 1. The van der Waals surface area contributed by atoms with Crippen LogP contribution in [0.25, 0.3) is 50.4 Å². The highest BCUT2D eigenvalue weighted by Crippen LogP contribution is 2.49. The number of rotatable bonds is 8. The molecule has 1 N–H and O–H groups in total. The number of nitrogens with one attached hydrogen (secondary N) is 1. The quantitative estimate of drug-likeness (QED) is 0.167. The zero-order valence-corrected chi connectivity index (χ0v) is 33.6. The van der Waals surface area contributed by atoms with E-state index in [1.165, 1.54) is 50.2 Å². The van der Waals surface area contributed by atoms with Crippen LogP contribution < -0.4 is 15.0 Å². The van der Waals surface area contributed by atoms with Crippen molar-refractivity contribution >= 4 is 28.1 Å². The van der Waals surface area contributed by atoms with E-state index >= 15 is 0 Å². The van der Waals surface area contributed by atoms with Crippen LogP contribution in [-0.2, 0) is 0 Å². The minimum absolute atomic E-state index is 0.137. The number of aromatic nitrogens is 2. The molecule has 0 amide bonds. The minimum atomic E-state index is -0.137. The van der Waals surface area contributed by atoms with E-state index in [2.05, 4.69) is 212 Å². The summed E-state index contributed by atoms with van der Waals surface area (Å²) in [6, 6.07) is 64.0. The molecule has 0 spiro atoms. The molecule has 1 aliphatic rings. The summed E-state index contributed by atoms with van der Waals surface area (Å²) in [4.78, 5) is 7.66. The lowest BCUT2D eigenvalue weighted by Crippen LogP contribution is -2.25. The van der Waals surface area contributed by atoms with Crippen molar-refractivity contribution < 1.29 is 4.74 Å². The molecular weight excluding hydrogens is 721 g/mol. The maximum absolute atomic E-state index is 6.72. The molecule has 0 saturated carbocycles. The lowest BCUT2D eigenvalue weighted by molar-refractivity contribution is 0.481. The van der Waals surface area contributed by atoms with Crippen LogP contribution in [0.4, 0.5) is 17.1 Å². The molecule has 5 nitrogen and oxygen atoms in total. The lowest BCUT2D eigenvalue weighted by atomic mass is 9.97. The monoisotopic (exact) mass is 764 g/mol. The van der Waals surface area contributed by atoms with Gasteiger partial charge in [0.15, 0.2) is 0 Å². The first-order chi connectivity index (χ1) is 28.9. The Morgan fingerprint density at radius 1 is 0.475 bits per heavy atom. The van der Waals surface area contributed by atoms with Gasteiger partial charge < -0.3 is 15.0 Å². The summed E-state index contributed by atoms with van der Waals surface area (Å²) in [6.07, 6.45) is -0.137. The van der Waals surface area contributed by atoms with Crippen molar-refractivity contribution in [3.8, 4) is 50.8 Å². The van der Waals surface area contributed by atoms with Gasteiger partial charge in [0.25, 0.3) is 0 Å². The second kappa shape index (κ2) is 14.9. The second-order valence-electron chi connectivity index (χ2n) is 15.5. The molecule has 286 valence electrons. The van der Waals surface area contributed by atoms with Gasteiger partial charge in [-0.2, -0.15) is 0 Å².